The van der Waals surface area contributed by atoms with Crippen LogP contribution < -0.4 is 10.4 Å². The lowest BCUT2D eigenvalue weighted by atomic mass is 9.91. The van der Waals surface area contributed by atoms with Crippen molar-refractivity contribution in [3.63, 3.8) is 0 Å². The zero-order chi connectivity index (χ0) is 19.9. The minimum Gasteiger partial charge on any atom is -0.506 e. The largest absolute Gasteiger partial charge is 0.506 e. The topological polar surface area (TPSA) is 76.7 Å². The molecule has 5 nitrogen and oxygen atoms in total. The standard InChI is InChI=1S/C22H24O5/c1-6-8-13-11-15(23)26-21-16(13)20-14(9-10-22(4,5)27-20)19(25)17(21)18(24)12(3)7-2/h7,9-11,25H,6,8H2,1-5H3/b12-7-. The summed E-state index contributed by atoms with van der Waals surface area (Å²) in [5, 5.41) is 11.5. The van der Waals surface area contributed by atoms with Crippen LogP contribution in [0.25, 0.3) is 17.0 Å². The number of allylic oxidation sites excluding steroid dienone is 2. The molecule has 142 valence electrons. The van der Waals surface area contributed by atoms with Crippen molar-refractivity contribution in [2.75, 3.05) is 0 Å². The first-order chi connectivity index (χ1) is 12.7. The summed E-state index contributed by atoms with van der Waals surface area (Å²) < 4.78 is 11.6. The van der Waals surface area contributed by atoms with Crippen LogP contribution in [0.3, 0.4) is 0 Å². The number of aryl methyl sites for hydroxylation is 1. The third kappa shape index (κ3) is 3.18. The first kappa shape index (κ1) is 19.0. The smallest absolute Gasteiger partial charge is 0.336 e. The Kier molecular flexibility index (Phi) is 4.72. The number of ketones is 1. The van der Waals surface area contributed by atoms with Gasteiger partial charge in [-0.3, -0.25) is 4.79 Å². The number of benzene rings is 1. The molecule has 27 heavy (non-hydrogen) atoms. The van der Waals surface area contributed by atoms with Crippen molar-refractivity contribution in [3.05, 3.63) is 50.9 Å². The van der Waals surface area contributed by atoms with Crippen LogP contribution in [-0.4, -0.2) is 16.5 Å². The number of carbonyl (C=O) groups excluding carboxylic acids is 1. The Labute approximate surface area is 158 Å². The zero-order valence-electron chi connectivity index (χ0n) is 16.3. The molecule has 0 atom stereocenters. The third-order valence-electron chi connectivity index (χ3n) is 4.79. The maximum absolute atomic E-state index is 12.9. The average molecular weight is 368 g/mol. The quantitative estimate of drug-likeness (QED) is 0.477. The molecule has 2 aromatic rings. The van der Waals surface area contributed by atoms with E-state index < -0.39 is 11.2 Å². The van der Waals surface area contributed by atoms with Gasteiger partial charge < -0.3 is 14.3 Å². The number of ether oxygens (including phenoxy) is 1. The molecule has 0 radical (unpaired) electrons. The van der Waals surface area contributed by atoms with Crippen LogP contribution in [0.4, 0.5) is 0 Å². The summed E-state index contributed by atoms with van der Waals surface area (Å²) in [6.07, 6.45) is 6.69. The van der Waals surface area contributed by atoms with Crippen molar-refractivity contribution in [1.29, 1.82) is 0 Å². The highest BCUT2D eigenvalue weighted by Gasteiger charge is 2.32. The molecule has 0 spiro atoms. The summed E-state index contributed by atoms with van der Waals surface area (Å²) in [6, 6.07) is 1.44. The van der Waals surface area contributed by atoms with Crippen molar-refractivity contribution in [2.45, 2.75) is 53.1 Å². The summed E-state index contributed by atoms with van der Waals surface area (Å²) in [4.78, 5) is 25.1. The molecule has 0 unspecified atom stereocenters. The van der Waals surface area contributed by atoms with E-state index in [0.29, 0.717) is 28.7 Å². The molecule has 0 aliphatic carbocycles. The first-order valence-corrected chi connectivity index (χ1v) is 9.11. The second kappa shape index (κ2) is 6.72. The van der Waals surface area contributed by atoms with Gasteiger partial charge in [0.1, 0.15) is 22.7 Å². The minimum atomic E-state index is -0.587. The van der Waals surface area contributed by atoms with Crippen LogP contribution >= 0.6 is 0 Å². The van der Waals surface area contributed by atoms with Gasteiger partial charge in [0.05, 0.1) is 10.9 Å². The number of phenols is 1. The number of Topliss-reactive ketones (excluding diaryl/α,β-unsaturated/α-hetero) is 1. The Morgan fingerprint density at radius 1 is 1.33 bits per heavy atom. The van der Waals surface area contributed by atoms with E-state index in [-0.39, 0.29) is 22.7 Å². The molecule has 2 heterocycles. The monoisotopic (exact) mass is 368 g/mol. The summed E-state index contributed by atoms with van der Waals surface area (Å²) in [5.41, 5.74) is 0.580. The summed E-state index contributed by atoms with van der Waals surface area (Å²) in [5.74, 6) is -0.165. The molecule has 5 heteroatoms. The molecule has 1 aromatic carbocycles. The van der Waals surface area contributed by atoms with Gasteiger partial charge in [0.15, 0.2) is 11.4 Å². The van der Waals surface area contributed by atoms with Crippen LogP contribution in [-0.2, 0) is 6.42 Å². The fourth-order valence-electron chi connectivity index (χ4n) is 3.30. The Balaban J connectivity index is 2.53. The molecule has 0 bridgehead atoms. The third-order valence-corrected chi connectivity index (χ3v) is 4.79. The second-order valence-electron chi connectivity index (χ2n) is 7.35. The molecule has 1 aromatic heterocycles. The summed E-state index contributed by atoms with van der Waals surface area (Å²) >= 11 is 0. The lowest BCUT2D eigenvalue weighted by Gasteiger charge is -2.30. The van der Waals surface area contributed by atoms with E-state index in [4.69, 9.17) is 9.15 Å². The number of hydrogen-bond donors (Lipinski definition) is 1. The molecule has 3 rings (SSSR count). The highest BCUT2D eigenvalue weighted by atomic mass is 16.5. The predicted molar refractivity (Wildman–Crippen MR) is 106 cm³/mol. The molecular weight excluding hydrogens is 344 g/mol. The van der Waals surface area contributed by atoms with Gasteiger partial charge in [-0.2, -0.15) is 0 Å². The van der Waals surface area contributed by atoms with Gasteiger partial charge in [0.2, 0.25) is 0 Å². The van der Waals surface area contributed by atoms with Crippen LogP contribution in [0.2, 0.25) is 0 Å². The van der Waals surface area contributed by atoms with Gasteiger partial charge in [0.25, 0.3) is 0 Å². The predicted octanol–water partition coefficient (Wildman–Crippen LogP) is 4.78. The van der Waals surface area contributed by atoms with Crippen molar-refractivity contribution in [2.24, 2.45) is 0 Å². The Hall–Kier alpha value is -2.82. The number of carbonyl (C=O) groups is 1. The summed E-state index contributed by atoms with van der Waals surface area (Å²) in [6.45, 7) is 9.22. The van der Waals surface area contributed by atoms with Gasteiger partial charge >= 0.3 is 5.63 Å². The zero-order valence-corrected chi connectivity index (χ0v) is 16.3. The highest BCUT2D eigenvalue weighted by Crippen LogP contribution is 2.46. The van der Waals surface area contributed by atoms with Crippen molar-refractivity contribution >= 4 is 22.8 Å². The van der Waals surface area contributed by atoms with Gasteiger partial charge in [-0.1, -0.05) is 19.4 Å². The fraction of sp³-hybridized carbons (Fsp3) is 0.364. The molecular formula is C22H24O5. The van der Waals surface area contributed by atoms with E-state index in [1.165, 1.54) is 6.07 Å². The molecule has 0 saturated carbocycles. The Bertz CT molecular complexity index is 1050. The van der Waals surface area contributed by atoms with Crippen molar-refractivity contribution in [3.8, 4) is 11.5 Å². The number of aromatic hydroxyl groups is 1. The van der Waals surface area contributed by atoms with E-state index in [1.807, 2.05) is 26.8 Å². The molecule has 0 fully saturated rings. The Morgan fingerprint density at radius 3 is 2.67 bits per heavy atom. The molecule has 0 amide bonds. The minimum absolute atomic E-state index is 0.00218. The number of rotatable bonds is 4. The van der Waals surface area contributed by atoms with Crippen molar-refractivity contribution in [1.82, 2.24) is 0 Å². The maximum Gasteiger partial charge on any atom is 0.336 e. The normalized spacial score (nSPS) is 15.5. The maximum atomic E-state index is 12.9. The Morgan fingerprint density at radius 2 is 2.04 bits per heavy atom. The molecule has 1 aliphatic heterocycles. The van der Waals surface area contributed by atoms with Gasteiger partial charge in [-0.25, -0.2) is 4.79 Å². The van der Waals surface area contributed by atoms with Crippen LogP contribution in [0.1, 0.15) is 62.5 Å². The summed E-state index contributed by atoms with van der Waals surface area (Å²) in [7, 11) is 0. The molecule has 1 N–H and O–H groups in total. The van der Waals surface area contributed by atoms with E-state index in [9.17, 15) is 14.7 Å². The highest BCUT2D eigenvalue weighted by molar-refractivity contribution is 6.18. The first-order valence-electron chi connectivity index (χ1n) is 9.11. The molecule has 0 saturated heterocycles. The van der Waals surface area contributed by atoms with E-state index in [1.54, 1.807) is 26.0 Å². The van der Waals surface area contributed by atoms with Gasteiger partial charge in [0, 0.05) is 6.07 Å². The lowest BCUT2D eigenvalue weighted by Crippen LogP contribution is -2.28. The number of phenolic OH excluding ortho intramolecular Hbond substituents is 1. The fourth-order valence-corrected chi connectivity index (χ4v) is 3.30. The molecule has 1 aliphatic rings. The van der Waals surface area contributed by atoms with E-state index in [0.717, 1.165) is 12.0 Å². The van der Waals surface area contributed by atoms with Gasteiger partial charge in [-0.15, -0.1) is 0 Å². The number of fused-ring (bicyclic) bond motifs is 3. The second-order valence-corrected chi connectivity index (χ2v) is 7.35. The van der Waals surface area contributed by atoms with E-state index in [2.05, 4.69) is 0 Å². The van der Waals surface area contributed by atoms with Crippen molar-refractivity contribution < 1.29 is 19.1 Å². The number of hydrogen-bond acceptors (Lipinski definition) is 5. The van der Waals surface area contributed by atoms with Crippen LogP contribution in [0, 0.1) is 0 Å². The lowest BCUT2D eigenvalue weighted by molar-refractivity contribution is 0.103. The van der Waals surface area contributed by atoms with Crippen LogP contribution in [0.15, 0.2) is 33.0 Å². The van der Waals surface area contributed by atoms with Crippen LogP contribution in [0.5, 0.6) is 11.5 Å². The SMILES string of the molecule is C/C=C(/C)C(=O)c1c(O)c2c(c3c(CCC)cc(=O)oc13)OC(C)(C)C=C2. The average Bonchev–Trinajstić information content (AvgIpc) is 2.59. The van der Waals surface area contributed by atoms with E-state index >= 15 is 0 Å². The van der Waals surface area contributed by atoms with Gasteiger partial charge in [-0.05, 0) is 57.4 Å².